The molecule has 1 heterocycles. The fourth-order valence-corrected chi connectivity index (χ4v) is 3.37. The normalized spacial score (nSPS) is 11.1. The van der Waals surface area contributed by atoms with Gasteiger partial charge in [-0.2, -0.15) is 0 Å². The van der Waals surface area contributed by atoms with E-state index in [2.05, 4.69) is 35.3 Å². The molecule has 1 aromatic heterocycles. The molecule has 7 nitrogen and oxygen atoms in total. The van der Waals surface area contributed by atoms with Crippen LogP contribution in [0.5, 0.6) is 0 Å². The van der Waals surface area contributed by atoms with Crippen LogP contribution in [-0.2, 0) is 11.4 Å². The number of hydroxylamine groups is 1. The Morgan fingerprint density at radius 1 is 1.37 bits per heavy atom. The van der Waals surface area contributed by atoms with Crippen molar-refractivity contribution in [3.8, 4) is 0 Å². The molecule has 3 aromatic rings. The van der Waals surface area contributed by atoms with Gasteiger partial charge in [0.05, 0.1) is 36.3 Å². The number of nitrogens with zero attached hydrogens (tertiary/aromatic N) is 2. The first-order valence-corrected chi connectivity index (χ1v) is 10.2. The number of anilines is 2. The highest BCUT2D eigenvalue weighted by Gasteiger charge is 2.22. The molecule has 0 atom stereocenters. The molecule has 0 saturated carbocycles. The van der Waals surface area contributed by atoms with Crippen molar-refractivity contribution in [1.29, 1.82) is 0 Å². The molecule has 3 rings (SSSR count). The average Bonchev–Trinajstić information content (AvgIpc) is 3.13. The second-order valence-electron chi connectivity index (χ2n) is 6.90. The Morgan fingerprint density at radius 3 is 2.87 bits per heavy atom. The minimum absolute atomic E-state index is 0.00311. The van der Waals surface area contributed by atoms with Gasteiger partial charge in [0, 0.05) is 17.1 Å². The fourth-order valence-electron chi connectivity index (χ4n) is 3.11. The van der Waals surface area contributed by atoms with Crippen molar-refractivity contribution in [3.05, 3.63) is 47.5 Å². The van der Waals surface area contributed by atoms with Crippen LogP contribution in [0.25, 0.3) is 11.0 Å². The van der Waals surface area contributed by atoms with E-state index in [4.69, 9.17) is 9.94 Å². The molecule has 2 aromatic carbocycles. The number of nitrogens with one attached hydrogen (secondary N) is 2. The monoisotopic (exact) mass is 432 g/mol. The number of amides is 1. The number of thiol groups is 1. The van der Waals surface area contributed by atoms with Crippen LogP contribution >= 0.6 is 12.6 Å². The fraction of sp³-hybridized carbons (Fsp3) is 0.333. The van der Waals surface area contributed by atoms with Crippen molar-refractivity contribution in [3.63, 3.8) is 0 Å². The lowest BCUT2D eigenvalue weighted by Crippen LogP contribution is -2.26. The Balaban J connectivity index is 2.09. The van der Waals surface area contributed by atoms with Gasteiger partial charge in [-0.05, 0) is 43.2 Å². The molecule has 30 heavy (non-hydrogen) atoms. The number of halogens is 1. The van der Waals surface area contributed by atoms with Gasteiger partial charge in [-0.25, -0.2) is 14.9 Å². The molecule has 0 aliphatic carbocycles. The van der Waals surface area contributed by atoms with Crippen LogP contribution in [0.15, 0.2) is 35.5 Å². The first-order chi connectivity index (χ1) is 14.5. The number of aromatic nitrogens is 2. The van der Waals surface area contributed by atoms with Crippen molar-refractivity contribution in [2.75, 3.05) is 18.5 Å². The van der Waals surface area contributed by atoms with Crippen LogP contribution in [0.1, 0.15) is 35.7 Å². The third-order valence-electron chi connectivity index (χ3n) is 4.68. The highest BCUT2D eigenvalue weighted by molar-refractivity contribution is 7.80. The molecule has 0 radical (unpaired) electrons. The Labute approximate surface area is 179 Å². The van der Waals surface area contributed by atoms with Crippen LogP contribution in [0.4, 0.5) is 15.8 Å². The van der Waals surface area contributed by atoms with Crippen LogP contribution < -0.4 is 10.8 Å². The number of carbonyl (C=O) groups is 1. The van der Waals surface area contributed by atoms with E-state index < -0.39 is 11.7 Å². The largest absolute Gasteiger partial charge is 0.394 e. The predicted molar refractivity (Wildman–Crippen MR) is 117 cm³/mol. The molecule has 0 fully saturated rings. The number of hydrogen-bond donors (Lipinski definition) is 4. The highest BCUT2D eigenvalue weighted by atomic mass is 32.1. The Bertz CT molecular complexity index is 1050. The average molecular weight is 433 g/mol. The molecule has 0 saturated heterocycles. The SMILES string of the molecule is CCCCn1cnc2c(F)c(Nc3ccc(S)cc3C)c(C(=O)NOCCO)cc21. The first-order valence-electron chi connectivity index (χ1n) is 9.73. The van der Waals surface area contributed by atoms with Gasteiger partial charge in [0.1, 0.15) is 5.52 Å². The summed E-state index contributed by atoms with van der Waals surface area (Å²) in [6, 6.07) is 6.98. The zero-order chi connectivity index (χ0) is 21.7. The van der Waals surface area contributed by atoms with Crippen LogP contribution in [-0.4, -0.2) is 33.8 Å². The summed E-state index contributed by atoms with van der Waals surface area (Å²) in [4.78, 5) is 22.7. The summed E-state index contributed by atoms with van der Waals surface area (Å²) in [5.74, 6) is -1.25. The van der Waals surface area contributed by atoms with Gasteiger partial charge in [-0.15, -0.1) is 12.6 Å². The van der Waals surface area contributed by atoms with Crippen molar-refractivity contribution >= 4 is 40.9 Å². The lowest BCUT2D eigenvalue weighted by Gasteiger charge is -2.16. The van der Waals surface area contributed by atoms with Gasteiger partial charge in [-0.1, -0.05) is 13.3 Å². The minimum atomic E-state index is -0.626. The first kappa shape index (κ1) is 22.1. The van der Waals surface area contributed by atoms with Crippen molar-refractivity contribution in [1.82, 2.24) is 15.0 Å². The van der Waals surface area contributed by atoms with Gasteiger partial charge in [0.15, 0.2) is 5.82 Å². The molecule has 0 unspecified atom stereocenters. The maximum Gasteiger partial charge on any atom is 0.277 e. The number of imidazole rings is 1. The Morgan fingerprint density at radius 2 is 2.17 bits per heavy atom. The molecular formula is C21H25FN4O3S. The number of benzene rings is 2. The van der Waals surface area contributed by atoms with E-state index in [9.17, 15) is 4.79 Å². The quantitative estimate of drug-likeness (QED) is 0.233. The number of hydrogen-bond acceptors (Lipinski definition) is 6. The van der Waals surface area contributed by atoms with Gasteiger partial charge >= 0.3 is 0 Å². The smallest absolute Gasteiger partial charge is 0.277 e. The summed E-state index contributed by atoms with van der Waals surface area (Å²) >= 11 is 4.31. The van der Waals surface area contributed by atoms with Crippen molar-refractivity contribution < 1.29 is 19.1 Å². The number of carbonyl (C=O) groups excluding carboxylic acids is 1. The van der Waals surface area contributed by atoms with Gasteiger partial charge in [0.25, 0.3) is 5.91 Å². The Hall–Kier alpha value is -2.62. The minimum Gasteiger partial charge on any atom is -0.394 e. The predicted octanol–water partition coefficient (Wildman–Crippen LogP) is 3.97. The van der Waals surface area contributed by atoms with E-state index >= 15 is 4.39 Å². The maximum atomic E-state index is 15.5. The molecule has 0 aliphatic heterocycles. The molecule has 1 amide bonds. The van der Waals surface area contributed by atoms with Crippen LogP contribution in [0.2, 0.25) is 0 Å². The number of aliphatic hydroxyl groups excluding tert-OH is 1. The second kappa shape index (κ2) is 9.92. The van der Waals surface area contributed by atoms with E-state index in [1.807, 2.05) is 17.6 Å². The number of unbranched alkanes of at least 4 members (excludes halogenated alkanes) is 1. The lowest BCUT2D eigenvalue weighted by molar-refractivity contribution is 0.0169. The van der Waals surface area contributed by atoms with E-state index in [0.29, 0.717) is 17.7 Å². The van der Waals surface area contributed by atoms with Gasteiger partial charge < -0.3 is 15.0 Å². The van der Waals surface area contributed by atoms with E-state index in [-0.39, 0.29) is 30.0 Å². The van der Waals surface area contributed by atoms with Crippen LogP contribution in [0, 0.1) is 12.7 Å². The Kier molecular flexibility index (Phi) is 7.30. The van der Waals surface area contributed by atoms with E-state index in [1.54, 1.807) is 24.5 Å². The zero-order valence-electron chi connectivity index (χ0n) is 16.9. The zero-order valence-corrected chi connectivity index (χ0v) is 17.8. The maximum absolute atomic E-state index is 15.5. The number of fused-ring (bicyclic) bond motifs is 1. The number of aryl methyl sites for hydroxylation is 2. The standard InChI is InChI=1S/C21H25FN4O3S/c1-3-4-7-26-12-23-20-17(26)11-15(21(28)25-29-9-8-27)19(18(20)22)24-16-6-5-14(30)10-13(16)2/h5-6,10-12,24,27,30H,3-4,7-9H2,1-2H3,(H,25,28). The van der Waals surface area contributed by atoms with E-state index in [0.717, 1.165) is 23.3 Å². The summed E-state index contributed by atoms with van der Waals surface area (Å²) in [7, 11) is 0. The van der Waals surface area contributed by atoms with E-state index in [1.165, 1.54) is 0 Å². The molecule has 3 N–H and O–H groups in total. The van der Waals surface area contributed by atoms with Crippen molar-refractivity contribution in [2.24, 2.45) is 0 Å². The summed E-state index contributed by atoms with van der Waals surface area (Å²) in [6.07, 6.45) is 3.46. The van der Waals surface area contributed by atoms with Crippen LogP contribution in [0.3, 0.4) is 0 Å². The summed E-state index contributed by atoms with van der Waals surface area (Å²) in [5.41, 5.74) is 4.53. The topological polar surface area (TPSA) is 88.4 Å². The third kappa shape index (κ3) is 4.75. The molecule has 0 spiro atoms. The molecule has 160 valence electrons. The van der Waals surface area contributed by atoms with Gasteiger partial charge in [0.2, 0.25) is 0 Å². The van der Waals surface area contributed by atoms with Gasteiger partial charge in [-0.3, -0.25) is 9.63 Å². The molecule has 0 aliphatic rings. The third-order valence-corrected chi connectivity index (χ3v) is 4.96. The number of aliphatic hydroxyl groups is 1. The summed E-state index contributed by atoms with van der Waals surface area (Å²) < 4.78 is 17.3. The molecule has 0 bridgehead atoms. The highest BCUT2D eigenvalue weighted by Crippen LogP contribution is 2.32. The molecule has 9 heteroatoms. The summed E-state index contributed by atoms with van der Waals surface area (Å²) in [5, 5.41) is 11.9. The van der Waals surface area contributed by atoms with Crippen molar-refractivity contribution in [2.45, 2.75) is 38.1 Å². The summed E-state index contributed by atoms with van der Waals surface area (Å²) in [6.45, 7) is 4.28. The molecular weight excluding hydrogens is 407 g/mol. The number of rotatable bonds is 9. The lowest BCUT2D eigenvalue weighted by atomic mass is 10.1. The second-order valence-corrected chi connectivity index (χ2v) is 7.42.